The lowest BCUT2D eigenvalue weighted by molar-refractivity contribution is 0.908. The molecule has 0 unspecified atom stereocenters. The molecule has 0 spiro atoms. The number of aromatic amines is 1. The fraction of sp³-hybridized carbons (Fsp3) is 0.333. The average molecular weight is 257 g/mol. The van der Waals surface area contributed by atoms with E-state index in [2.05, 4.69) is 34.3 Å². The molecule has 0 aliphatic rings. The van der Waals surface area contributed by atoms with Crippen LogP contribution < -0.4 is 10.9 Å². The van der Waals surface area contributed by atoms with Gasteiger partial charge in [-0.25, -0.2) is 4.98 Å². The maximum atomic E-state index is 11.4. The molecule has 19 heavy (non-hydrogen) atoms. The van der Waals surface area contributed by atoms with E-state index in [0.29, 0.717) is 11.6 Å². The van der Waals surface area contributed by atoms with Gasteiger partial charge in [-0.3, -0.25) is 4.79 Å². The number of H-pyrrole nitrogens is 1. The maximum Gasteiger partial charge on any atom is 0.252 e. The van der Waals surface area contributed by atoms with Crippen molar-refractivity contribution in [3.05, 3.63) is 57.6 Å². The van der Waals surface area contributed by atoms with Crippen molar-refractivity contribution in [2.45, 2.75) is 26.7 Å². The highest BCUT2D eigenvalue weighted by atomic mass is 16.1. The van der Waals surface area contributed by atoms with Gasteiger partial charge in [-0.15, -0.1) is 0 Å². The molecule has 4 heteroatoms. The Hall–Kier alpha value is -2.10. The lowest BCUT2D eigenvalue weighted by Gasteiger charge is -2.08. The van der Waals surface area contributed by atoms with Crippen LogP contribution in [0, 0.1) is 6.92 Å². The number of nitrogens with zero attached hydrogens (tertiary/aromatic N) is 1. The normalized spacial score (nSPS) is 10.4. The molecule has 1 heterocycles. The standard InChI is InChI=1S/C15H19N3O/c1-3-13-17-14(10-15(19)18-13)16-9-8-12-7-5-4-6-11(12)2/h4-7,10H,3,8-9H2,1-2H3,(H2,16,17,18,19). The van der Waals surface area contributed by atoms with Crippen molar-refractivity contribution in [2.24, 2.45) is 0 Å². The first-order valence-corrected chi connectivity index (χ1v) is 6.57. The number of hydrogen-bond donors (Lipinski definition) is 2. The van der Waals surface area contributed by atoms with Gasteiger partial charge in [-0.05, 0) is 24.5 Å². The third-order valence-corrected chi connectivity index (χ3v) is 3.09. The van der Waals surface area contributed by atoms with Crippen molar-refractivity contribution in [1.82, 2.24) is 9.97 Å². The largest absolute Gasteiger partial charge is 0.370 e. The molecule has 0 saturated heterocycles. The van der Waals surface area contributed by atoms with Crippen molar-refractivity contribution in [1.29, 1.82) is 0 Å². The molecule has 0 amide bonds. The molecule has 0 aliphatic heterocycles. The topological polar surface area (TPSA) is 57.8 Å². The first-order chi connectivity index (χ1) is 9.19. The van der Waals surface area contributed by atoms with E-state index in [-0.39, 0.29) is 5.56 Å². The van der Waals surface area contributed by atoms with E-state index in [0.717, 1.165) is 19.4 Å². The van der Waals surface area contributed by atoms with Gasteiger partial charge in [-0.1, -0.05) is 31.2 Å². The zero-order valence-corrected chi connectivity index (χ0v) is 11.4. The number of aryl methyl sites for hydroxylation is 2. The minimum atomic E-state index is -0.106. The summed E-state index contributed by atoms with van der Waals surface area (Å²) >= 11 is 0. The summed E-state index contributed by atoms with van der Waals surface area (Å²) in [7, 11) is 0. The molecule has 2 N–H and O–H groups in total. The number of hydrogen-bond acceptors (Lipinski definition) is 3. The highest BCUT2D eigenvalue weighted by molar-refractivity contribution is 5.34. The van der Waals surface area contributed by atoms with Crippen LogP contribution in [0.5, 0.6) is 0 Å². The van der Waals surface area contributed by atoms with Crippen LogP contribution in [0.15, 0.2) is 35.1 Å². The van der Waals surface area contributed by atoms with E-state index in [1.54, 1.807) is 0 Å². The van der Waals surface area contributed by atoms with E-state index >= 15 is 0 Å². The lowest BCUT2D eigenvalue weighted by Crippen LogP contribution is -2.14. The van der Waals surface area contributed by atoms with Crippen LogP contribution in [0.1, 0.15) is 23.9 Å². The molecular weight excluding hydrogens is 238 g/mol. The molecule has 0 atom stereocenters. The molecule has 2 rings (SSSR count). The number of rotatable bonds is 5. The van der Waals surface area contributed by atoms with Gasteiger partial charge in [0.25, 0.3) is 5.56 Å². The minimum absolute atomic E-state index is 0.106. The van der Waals surface area contributed by atoms with Crippen molar-refractivity contribution in [2.75, 3.05) is 11.9 Å². The van der Waals surface area contributed by atoms with Crippen molar-refractivity contribution >= 4 is 5.82 Å². The highest BCUT2D eigenvalue weighted by Gasteiger charge is 2.00. The van der Waals surface area contributed by atoms with Crippen molar-refractivity contribution in [3.63, 3.8) is 0 Å². The molecule has 100 valence electrons. The van der Waals surface area contributed by atoms with Crippen molar-refractivity contribution < 1.29 is 0 Å². The summed E-state index contributed by atoms with van der Waals surface area (Å²) in [5.41, 5.74) is 2.50. The highest BCUT2D eigenvalue weighted by Crippen LogP contribution is 2.08. The first-order valence-electron chi connectivity index (χ1n) is 6.57. The van der Waals surface area contributed by atoms with Gasteiger partial charge in [0.15, 0.2) is 0 Å². The van der Waals surface area contributed by atoms with Gasteiger partial charge >= 0.3 is 0 Å². The molecule has 4 nitrogen and oxygen atoms in total. The molecule has 0 fully saturated rings. The third kappa shape index (κ3) is 3.68. The van der Waals surface area contributed by atoms with Crippen LogP contribution in [0.2, 0.25) is 0 Å². The molecule has 1 aromatic carbocycles. The summed E-state index contributed by atoms with van der Waals surface area (Å²) in [4.78, 5) is 18.5. The molecule has 0 bridgehead atoms. The van der Waals surface area contributed by atoms with Gasteiger partial charge in [0.05, 0.1) is 0 Å². The fourth-order valence-corrected chi connectivity index (χ4v) is 1.98. The molecular formula is C15H19N3O. The second kappa shape index (κ2) is 6.18. The summed E-state index contributed by atoms with van der Waals surface area (Å²) in [5, 5.41) is 3.20. The average Bonchev–Trinajstić information content (AvgIpc) is 2.40. The Morgan fingerprint density at radius 1 is 1.32 bits per heavy atom. The fourth-order valence-electron chi connectivity index (χ4n) is 1.98. The Labute approximate surface area is 112 Å². The Balaban J connectivity index is 1.98. The van der Waals surface area contributed by atoms with Crippen LogP contribution in [-0.2, 0) is 12.8 Å². The van der Waals surface area contributed by atoms with Crippen LogP contribution in [0.3, 0.4) is 0 Å². The van der Waals surface area contributed by atoms with E-state index in [1.165, 1.54) is 17.2 Å². The summed E-state index contributed by atoms with van der Waals surface area (Å²) in [6, 6.07) is 9.81. The first kappa shape index (κ1) is 13.3. The maximum absolute atomic E-state index is 11.4. The number of nitrogens with one attached hydrogen (secondary N) is 2. The lowest BCUT2D eigenvalue weighted by atomic mass is 10.1. The molecule has 1 aromatic heterocycles. The zero-order chi connectivity index (χ0) is 13.7. The summed E-state index contributed by atoms with van der Waals surface area (Å²) in [6.45, 7) is 4.84. The number of anilines is 1. The number of benzene rings is 1. The van der Waals surface area contributed by atoms with Crippen LogP contribution in [0.4, 0.5) is 5.82 Å². The smallest absolute Gasteiger partial charge is 0.252 e. The van der Waals surface area contributed by atoms with Gasteiger partial charge < -0.3 is 10.3 Å². The zero-order valence-electron chi connectivity index (χ0n) is 11.4. The van der Waals surface area contributed by atoms with E-state index in [4.69, 9.17) is 0 Å². The molecule has 0 radical (unpaired) electrons. The Morgan fingerprint density at radius 2 is 2.11 bits per heavy atom. The van der Waals surface area contributed by atoms with Crippen LogP contribution in [-0.4, -0.2) is 16.5 Å². The second-order valence-corrected chi connectivity index (χ2v) is 4.53. The van der Waals surface area contributed by atoms with Gasteiger partial charge in [-0.2, -0.15) is 0 Å². The van der Waals surface area contributed by atoms with E-state index in [1.807, 2.05) is 19.1 Å². The third-order valence-electron chi connectivity index (χ3n) is 3.09. The summed E-state index contributed by atoms with van der Waals surface area (Å²) < 4.78 is 0. The monoisotopic (exact) mass is 257 g/mol. The van der Waals surface area contributed by atoms with Gasteiger partial charge in [0.2, 0.25) is 0 Å². The predicted molar refractivity (Wildman–Crippen MR) is 77.6 cm³/mol. The van der Waals surface area contributed by atoms with Gasteiger partial charge in [0.1, 0.15) is 11.6 Å². The Bertz CT molecular complexity index is 604. The molecule has 0 aliphatic carbocycles. The van der Waals surface area contributed by atoms with Crippen molar-refractivity contribution in [3.8, 4) is 0 Å². The van der Waals surface area contributed by atoms with Gasteiger partial charge in [0, 0.05) is 19.0 Å². The van der Waals surface area contributed by atoms with Crippen LogP contribution >= 0.6 is 0 Å². The SMILES string of the molecule is CCc1nc(NCCc2ccccc2C)cc(=O)[nH]1. The quantitative estimate of drug-likeness (QED) is 0.864. The second-order valence-electron chi connectivity index (χ2n) is 4.53. The molecule has 2 aromatic rings. The predicted octanol–water partition coefficient (Wildman–Crippen LogP) is 2.30. The Morgan fingerprint density at radius 3 is 2.84 bits per heavy atom. The Kier molecular flexibility index (Phi) is 4.34. The van der Waals surface area contributed by atoms with E-state index < -0.39 is 0 Å². The minimum Gasteiger partial charge on any atom is -0.370 e. The summed E-state index contributed by atoms with van der Waals surface area (Å²) in [6.07, 6.45) is 1.64. The van der Waals surface area contributed by atoms with Crippen LogP contribution in [0.25, 0.3) is 0 Å². The van der Waals surface area contributed by atoms with E-state index in [9.17, 15) is 4.79 Å². The molecule has 0 saturated carbocycles. The summed E-state index contributed by atoms with van der Waals surface area (Å²) in [5.74, 6) is 1.36. The number of aromatic nitrogens is 2.